The first-order chi connectivity index (χ1) is 19.0. The fourth-order valence-electron chi connectivity index (χ4n) is 5.36. The number of pyridine rings is 1. The summed E-state index contributed by atoms with van der Waals surface area (Å²) >= 11 is 0. The third-order valence-corrected chi connectivity index (χ3v) is 7.30. The van der Waals surface area contributed by atoms with Gasteiger partial charge in [0.2, 0.25) is 0 Å². The topological polar surface area (TPSA) is 57.3 Å². The number of rotatable bonds is 9. The lowest BCUT2D eigenvalue weighted by Gasteiger charge is -2.25. The maximum absolute atomic E-state index is 13.2. The van der Waals surface area contributed by atoms with Gasteiger partial charge in [-0.25, -0.2) is 9.18 Å². The van der Waals surface area contributed by atoms with Gasteiger partial charge in [0, 0.05) is 48.7 Å². The molecule has 3 aromatic carbocycles. The van der Waals surface area contributed by atoms with Gasteiger partial charge in [0.05, 0.1) is 0 Å². The van der Waals surface area contributed by atoms with Crippen LogP contribution in [0.2, 0.25) is 0 Å². The number of amides is 2. The SMILES string of the molecule is Cc1cc(NC(=O)N[C@H]2CCN(CC(c3ccccc3)c3ccccc3)C2)cc(CCc2ccc(F)cc2)n1. The van der Waals surface area contributed by atoms with Gasteiger partial charge < -0.3 is 15.5 Å². The van der Waals surface area contributed by atoms with E-state index in [2.05, 4.69) is 81.2 Å². The summed E-state index contributed by atoms with van der Waals surface area (Å²) in [5.74, 6) is 0.0515. The monoisotopic (exact) mass is 522 g/mol. The standard InChI is InChI=1S/C33H35FN4O/c1-24-20-31(21-29(35-24)17-14-25-12-15-28(34)16-13-25)37-33(39)36-30-18-19-38(22-30)23-32(26-8-4-2-5-9-26)27-10-6-3-7-11-27/h2-13,15-16,20-21,30,32H,14,17-19,22-23H2,1H3,(H2,35,36,37,39)/t30-/m0/s1. The van der Waals surface area contributed by atoms with E-state index in [1.165, 1.54) is 23.3 Å². The first-order valence-corrected chi connectivity index (χ1v) is 13.6. The van der Waals surface area contributed by atoms with Crippen LogP contribution < -0.4 is 10.6 Å². The molecule has 0 unspecified atom stereocenters. The normalized spacial score (nSPS) is 15.4. The Hall–Kier alpha value is -4.03. The van der Waals surface area contributed by atoms with Gasteiger partial charge in [-0.2, -0.15) is 0 Å². The molecule has 1 aliphatic heterocycles. The van der Waals surface area contributed by atoms with Crippen molar-refractivity contribution in [3.05, 3.63) is 131 Å². The molecule has 0 saturated carbocycles. The Kier molecular flexibility index (Phi) is 8.64. The average Bonchev–Trinajstić information content (AvgIpc) is 3.38. The van der Waals surface area contributed by atoms with Gasteiger partial charge in [0.15, 0.2) is 0 Å². The molecule has 0 radical (unpaired) electrons. The minimum absolute atomic E-state index is 0.0954. The van der Waals surface area contributed by atoms with Crippen LogP contribution in [-0.2, 0) is 12.8 Å². The van der Waals surface area contributed by atoms with Crippen molar-refractivity contribution in [1.29, 1.82) is 0 Å². The highest BCUT2D eigenvalue weighted by molar-refractivity contribution is 5.89. The molecule has 5 nitrogen and oxygen atoms in total. The number of hydrogen-bond donors (Lipinski definition) is 2. The van der Waals surface area contributed by atoms with E-state index in [4.69, 9.17) is 0 Å². The number of halogens is 1. The van der Waals surface area contributed by atoms with E-state index in [1.54, 1.807) is 12.1 Å². The molecule has 4 aromatic rings. The van der Waals surface area contributed by atoms with Crippen LogP contribution in [0, 0.1) is 12.7 Å². The summed E-state index contributed by atoms with van der Waals surface area (Å²) in [4.78, 5) is 19.9. The van der Waals surface area contributed by atoms with Crippen LogP contribution in [0.25, 0.3) is 0 Å². The number of benzene rings is 3. The molecule has 1 saturated heterocycles. The zero-order chi connectivity index (χ0) is 27.0. The second-order valence-electron chi connectivity index (χ2n) is 10.3. The van der Waals surface area contributed by atoms with Gasteiger partial charge >= 0.3 is 6.03 Å². The molecule has 0 spiro atoms. The molecule has 6 heteroatoms. The van der Waals surface area contributed by atoms with Crippen molar-refractivity contribution < 1.29 is 9.18 Å². The van der Waals surface area contributed by atoms with Crippen LogP contribution in [0.1, 0.15) is 40.4 Å². The summed E-state index contributed by atoms with van der Waals surface area (Å²) in [6, 6.07) is 31.5. The number of carbonyl (C=O) groups is 1. The molecule has 0 aliphatic carbocycles. The Balaban J connectivity index is 1.15. The van der Waals surface area contributed by atoms with Crippen LogP contribution in [0.4, 0.5) is 14.9 Å². The molecular formula is C33H35FN4O. The van der Waals surface area contributed by atoms with Crippen LogP contribution in [-0.4, -0.2) is 41.6 Å². The Morgan fingerprint density at radius 1 is 0.949 bits per heavy atom. The highest BCUT2D eigenvalue weighted by atomic mass is 19.1. The summed E-state index contributed by atoms with van der Waals surface area (Å²) < 4.78 is 13.2. The third-order valence-electron chi connectivity index (χ3n) is 7.30. The van der Waals surface area contributed by atoms with E-state index < -0.39 is 0 Å². The van der Waals surface area contributed by atoms with E-state index in [9.17, 15) is 9.18 Å². The van der Waals surface area contributed by atoms with Crippen molar-refractivity contribution in [3.63, 3.8) is 0 Å². The zero-order valence-corrected chi connectivity index (χ0v) is 22.3. The Morgan fingerprint density at radius 3 is 2.28 bits per heavy atom. The van der Waals surface area contributed by atoms with Gasteiger partial charge in [-0.1, -0.05) is 72.8 Å². The summed E-state index contributed by atoms with van der Waals surface area (Å²) in [6.45, 7) is 4.61. The van der Waals surface area contributed by atoms with Gasteiger partial charge in [-0.3, -0.25) is 4.98 Å². The fourth-order valence-corrected chi connectivity index (χ4v) is 5.36. The molecule has 1 fully saturated rings. The first kappa shape index (κ1) is 26.6. The lowest BCUT2D eigenvalue weighted by Crippen LogP contribution is -2.40. The van der Waals surface area contributed by atoms with E-state index in [0.717, 1.165) is 55.1 Å². The van der Waals surface area contributed by atoms with Crippen molar-refractivity contribution in [2.24, 2.45) is 0 Å². The summed E-state index contributed by atoms with van der Waals surface area (Å²) in [7, 11) is 0. The number of urea groups is 1. The van der Waals surface area contributed by atoms with Crippen molar-refractivity contribution in [2.75, 3.05) is 25.0 Å². The molecule has 2 N–H and O–H groups in total. The number of nitrogens with zero attached hydrogens (tertiary/aromatic N) is 2. The molecular weight excluding hydrogens is 487 g/mol. The van der Waals surface area contributed by atoms with Crippen molar-refractivity contribution in [3.8, 4) is 0 Å². The summed E-state index contributed by atoms with van der Waals surface area (Å²) in [5.41, 5.74) is 6.15. The molecule has 0 bridgehead atoms. The lowest BCUT2D eigenvalue weighted by atomic mass is 9.91. The number of aromatic nitrogens is 1. The van der Waals surface area contributed by atoms with Crippen molar-refractivity contribution >= 4 is 11.7 Å². The predicted molar refractivity (Wildman–Crippen MR) is 155 cm³/mol. The van der Waals surface area contributed by atoms with Gasteiger partial charge in [-0.15, -0.1) is 0 Å². The molecule has 39 heavy (non-hydrogen) atoms. The number of hydrogen-bond acceptors (Lipinski definition) is 3. The van der Waals surface area contributed by atoms with Crippen molar-refractivity contribution in [1.82, 2.24) is 15.2 Å². The van der Waals surface area contributed by atoms with Gasteiger partial charge in [-0.05, 0) is 67.1 Å². The second kappa shape index (κ2) is 12.7. The number of nitrogens with one attached hydrogen (secondary N) is 2. The van der Waals surface area contributed by atoms with E-state index in [1.807, 2.05) is 19.1 Å². The van der Waals surface area contributed by atoms with Crippen LogP contribution in [0.3, 0.4) is 0 Å². The Bertz CT molecular complexity index is 1320. The van der Waals surface area contributed by atoms with Crippen LogP contribution in [0.15, 0.2) is 97.1 Å². The number of anilines is 1. The number of aryl methyl sites for hydroxylation is 3. The van der Waals surface area contributed by atoms with Gasteiger partial charge in [0.25, 0.3) is 0 Å². The number of likely N-dealkylation sites (tertiary alicyclic amines) is 1. The van der Waals surface area contributed by atoms with Gasteiger partial charge in [0.1, 0.15) is 5.82 Å². The van der Waals surface area contributed by atoms with E-state index in [-0.39, 0.29) is 23.8 Å². The van der Waals surface area contributed by atoms with E-state index >= 15 is 0 Å². The highest BCUT2D eigenvalue weighted by Gasteiger charge is 2.27. The molecule has 1 aliphatic rings. The minimum Gasteiger partial charge on any atom is -0.334 e. The first-order valence-electron chi connectivity index (χ1n) is 13.6. The van der Waals surface area contributed by atoms with Crippen molar-refractivity contribution in [2.45, 2.75) is 38.1 Å². The lowest BCUT2D eigenvalue weighted by molar-refractivity contribution is 0.247. The minimum atomic E-state index is -0.234. The molecule has 1 atom stereocenters. The Morgan fingerprint density at radius 2 is 1.62 bits per heavy atom. The summed E-state index contributed by atoms with van der Waals surface area (Å²) in [5, 5.41) is 6.17. The molecule has 2 amide bonds. The van der Waals surface area contributed by atoms with Crippen LogP contribution in [0.5, 0.6) is 0 Å². The molecule has 1 aromatic heterocycles. The quantitative estimate of drug-likeness (QED) is 0.270. The maximum atomic E-state index is 13.2. The fraction of sp³-hybridized carbons (Fsp3) is 0.273. The summed E-state index contributed by atoms with van der Waals surface area (Å²) in [6.07, 6.45) is 2.39. The second-order valence-corrected chi connectivity index (χ2v) is 10.3. The largest absolute Gasteiger partial charge is 0.334 e. The molecule has 2 heterocycles. The predicted octanol–water partition coefficient (Wildman–Crippen LogP) is 6.34. The highest BCUT2D eigenvalue weighted by Crippen LogP contribution is 2.27. The smallest absolute Gasteiger partial charge is 0.319 e. The Labute approximate surface area is 230 Å². The average molecular weight is 523 g/mol. The third kappa shape index (κ3) is 7.52. The number of carbonyl (C=O) groups excluding carboxylic acids is 1. The maximum Gasteiger partial charge on any atom is 0.319 e. The zero-order valence-electron chi connectivity index (χ0n) is 22.3. The van der Waals surface area contributed by atoms with Crippen LogP contribution >= 0.6 is 0 Å². The van der Waals surface area contributed by atoms with E-state index in [0.29, 0.717) is 6.42 Å². The molecule has 200 valence electrons. The molecule has 5 rings (SSSR count).